The first-order valence-corrected chi connectivity index (χ1v) is 9.95. The largest absolute Gasteiger partial charge is 0.389 e. The molecular formula is C21H35NO3. The van der Waals surface area contributed by atoms with E-state index in [4.69, 9.17) is 0 Å². The number of unbranched alkanes of at least 4 members (excludes halogenated alkanes) is 6. The summed E-state index contributed by atoms with van der Waals surface area (Å²) < 4.78 is 0. The Balaban J connectivity index is 1.86. The molecule has 0 radical (unpaired) electrons. The fourth-order valence-electron chi connectivity index (χ4n) is 3.82. The zero-order valence-corrected chi connectivity index (χ0v) is 15.6. The molecule has 1 saturated heterocycles. The summed E-state index contributed by atoms with van der Waals surface area (Å²) in [6, 6.07) is 10.0. The fraction of sp³-hybridized carbons (Fsp3) is 0.714. The maximum atomic E-state index is 10.5. The second-order valence-corrected chi connectivity index (χ2v) is 7.44. The topological polar surface area (TPSA) is 63.9 Å². The lowest BCUT2D eigenvalue weighted by Crippen LogP contribution is -2.60. The van der Waals surface area contributed by atoms with Crippen molar-refractivity contribution in [3.63, 3.8) is 0 Å². The minimum absolute atomic E-state index is 0.0887. The van der Waals surface area contributed by atoms with Crippen LogP contribution in [0.25, 0.3) is 0 Å². The molecule has 1 aromatic carbocycles. The number of hydrogen-bond donors (Lipinski definition) is 3. The van der Waals surface area contributed by atoms with Gasteiger partial charge in [0.2, 0.25) is 0 Å². The van der Waals surface area contributed by atoms with Crippen molar-refractivity contribution in [2.45, 2.75) is 89.2 Å². The fourth-order valence-corrected chi connectivity index (χ4v) is 3.82. The average Bonchev–Trinajstić information content (AvgIpc) is 2.62. The smallest absolute Gasteiger partial charge is 0.108 e. The zero-order chi connectivity index (χ0) is 18.1. The molecule has 25 heavy (non-hydrogen) atoms. The van der Waals surface area contributed by atoms with Crippen LogP contribution in [0.2, 0.25) is 0 Å². The van der Waals surface area contributed by atoms with E-state index in [1.807, 2.05) is 18.2 Å². The van der Waals surface area contributed by atoms with Crippen molar-refractivity contribution in [3.8, 4) is 0 Å². The Hall–Kier alpha value is -0.940. The molecule has 1 heterocycles. The van der Waals surface area contributed by atoms with Crippen LogP contribution in [0, 0.1) is 0 Å². The van der Waals surface area contributed by atoms with E-state index in [-0.39, 0.29) is 6.04 Å². The number of benzene rings is 1. The van der Waals surface area contributed by atoms with Gasteiger partial charge in [-0.1, -0.05) is 82.2 Å². The van der Waals surface area contributed by atoms with Gasteiger partial charge in [0, 0.05) is 19.1 Å². The van der Waals surface area contributed by atoms with Crippen LogP contribution in [0.4, 0.5) is 0 Å². The van der Waals surface area contributed by atoms with E-state index >= 15 is 0 Å². The van der Waals surface area contributed by atoms with Crippen LogP contribution in [0.1, 0.15) is 63.9 Å². The van der Waals surface area contributed by atoms with Gasteiger partial charge < -0.3 is 15.3 Å². The van der Waals surface area contributed by atoms with Gasteiger partial charge in [0.05, 0.1) is 12.2 Å². The molecule has 1 aliphatic heterocycles. The summed E-state index contributed by atoms with van der Waals surface area (Å²) in [5.74, 6) is 0. The molecular weight excluding hydrogens is 314 g/mol. The van der Waals surface area contributed by atoms with Crippen LogP contribution in [0.5, 0.6) is 0 Å². The van der Waals surface area contributed by atoms with E-state index in [0.29, 0.717) is 13.1 Å². The summed E-state index contributed by atoms with van der Waals surface area (Å²) >= 11 is 0. The quantitative estimate of drug-likeness (QED) is 0.568. The molecule has 4 nitrogen and oxygen atoms in total. The molecule has 1 aromatic rings. The number of β-amino-alcohol motifs (C(OH)–C–C–N with tert-alkyl or cyclic N) is 1. The van der Waals surface area contributed by atoms with Gasteiger partial charge in [-0.15, -0.1) is 0 Å². The second kappa shape index (κ2) is 10.9. The predicted molar refractivity (Wildman–Crippen MR) is 101 cm³/mol. The van der Waals surface area contributed by atoms with Gasteiger partial charge in [-0.25, -0.2) is 0 Å². The summed E-state index contributed by atoms with van der Waals surface area (Å²) in [7, 11) is 0. The predicted octanol–water partition coefficient (Wildman–Crippen LogP) is 3.09. The molecule has 0 aromatic heterocycles. The Kier molecular flexibility index (Phi) is 8.90. The molecule has 142 valence electrons. The molecule has 1 fully saturated rings. The Morgan fingerprint density at radius 1 is 0.880 bits per heavy atom. The van der Waals surface area contributed by atoms with Crippen molar-refractivity contribution in [3.05, 3.63) is 35.9 Å². The summed E-state index contributed by atoms with van der Waals surface area (Å²) in [4.78, 5) is 2.13. The molecule has 0 aliphatic carbocycles. The van der Waals surface area contributed by atoms with Crippen molar-refractivity contribution >= 4 is 0 Å². The Bertz CT molecular complexity index is 467. The van der Waals surface area contributed by atoms with Crippen molar-refractivity contribution in [1.29, 1.82) is 0 Å². The van der Waals surface area contributed by atoms with Gasteiger partial charge in [-0.3, -0.25) is 4.90 Å². The van der Waals surface area contributed by atoms with Crippen molar-refractivity contribution in [1.82, 2.24) is 4.90 Å². The Morgan fingerprint density at radius 3 is 2.20 bits per heavy atom. The minimum atomic E-state index is -1.04. The highest BCUT2D eigenvalue weighted by Crippen LogP contribution is 2.25. The van der Waals surface area contributed by atoms with Crippen molar-refractivity contribution in [2.75, 3.05) is 6.54 Å². The van der Waals surface area contributed by atoms with E-state index in [1.165, 1.54) is 44.1 Å². The van der Waals surface area contributed by atoms with Crippen molar-refractivity contribution < 1.29 is 15.3 Å². The molecule has 0 bridgehead atoms. The first kappa shape index (κ1) is 20.4. The van der Waals surface area contributed by atoms with E-state index in [2.05, 4.69) is 24.0 Å². The number of rotatable bonds is 10. The van der Waals surface area contributed by atoms with Crippen molar-refractivity contribution in [2.24, 2.45) is 0 Å². The van der Waals surface area contributed by atoms with Gasteiger partial charge in [0.15, 0.2) is 0 Å². The number of nitrogens with zero attached hydrogens (tertiary/aromatic N) is 1. The maximum absolute atomic E-state index is 10.5. The highest BCUT2D eigenvalue weighted by molar-refractivity contribution is 5.15. The summed E-state index contributed by atoms with van der Waals surface area (Å²) in [6.45, 7) is 3.34. The van der Waals surface area contributed by atoms with Crippen LogP contribution >= 0.6 is 0 Å². The van der Waals surface area contributed by atoms with Gasteiger partial charge in [0.1, 0.15) is 6.10 Å². The average molecular weight is 350 g/mol. The van der Waals surface area contributed by atoms with E-state index in [1.54, 1.807) is 0 Å². The molecule has 4 atom stereocenters. The molecule has 3 N–H and O–H groups in total. The first-order valence-electron chi connectivity index (χ1n) is 9.95. The number of hydrogen-bond acceptors (Lipinski definition) is 4. The van der Waals surface area contributed by atoms with Crippen LogP contribution < -0.4 is 0 Å². The number of piperidine rings is 1. The van der Waals surface area contributed by atoms with Crippen LogP contribution in [-0.4, -0.2) is 51.1 Å². The Morgan fingerprint density at radius 2 is 1.52 bits per heavy atom. The lowest BCUT2D eigenvalue weighted by atomic mass is 9.89. The molecule has 0 spiro atoms. The molecule has 0 saturated carbocycles. The highest BCUT2D eigenvalue weighted by Gasteiger charge is 2.40. The molecule has 0 unspecified atom stereocenters. The summed E-state index contributed by atoms with van der Waals surface area (Å²) in [5.41, 5.74) is 1.17. The summed E-state index contributed by atoms with van der Waals surface area (Å²) in [6.07, 6.45) is 6.71. The van der Waals surface area contributed by atoms with Crippen LogP contribution in [0.15, 0.2) is 30.3 Å². The number of aliphatic hydroxyl groups excluding tert-OH is 3. The molecule has 2 rings (SSSR count). The van der Waals surface area contributed by atoms with Gasteiger partial charge in [-0.05, 0) is 12.0 Å². The van der Waals surface area contributed by atoms with Crippen LogP contribution in [-0.2, 0) is 6.54 Å². The number of likely N-dealkylation sites (tertiary alicyclic amines) is 1. The first-order chi connectivity index (χ1) is 12.1. The number of aliphatic hydroxyl groups is 3. The highest BCUT2D eigenvalue weighted by atomic mass is 16.4. The van der Waals surface area contributed by atoms with Crippen LogP contribution in [0.3, 0.4) is 0 Å². The standard InChI is InChI=1S/C21H35NO3/c1-2-3-4-5-6-7-11-14-18-20(24)21(25)19(23)16-22(18)15-17-12-9-8-10-13-17/h8-10,12-13,18-21,23-25H,2-7,11,14-16H2,1H3/t18-,19-,20+,21+/m1/s1. The monoisotopic (exact) mass is 349 g/mol. The van der Waals surface area contributed by atoms with E-state index < -0.39 is 18.3 Å². The van der Waals surface area contributed by atoms with E-state index in [0.717, 1.165) is 12.8 Å². The summed E-state index contributed by atoms with van der Waals surface area (Å²) in [5, 5.41) is 30.6. The normalized spacial score (nSPS) is 27.5. The zero-order valence-electron chi connectivity index (χ0n) is 15.6. The van der Waals surface area contributed by atoms with E-state index in [9.17, 15) is 15.3 Å². The third-order valence-corrected chi connectivity index (χ3v) is 5.36. The maximum Gasteiger partial charge on any atom is 0.108 e. The third-order valence-electron chi connectivity index (χ3n) is 5.36. The third kappa shape index (κ3) is 6.37. The van der Waals surface area contributed by atoms with Gasteiger partial charge in [-0.2, -0.15) is 0 Å². The van der Waals surface area contributed by atoms with Gasteiger partial charge in [0.25, 0.3) is 0 Å². The van der Waals surface area contributed by atoms with Gasteiger partial charge >= 0.3 is 0 Å². The SMILES string of the molecule is CCCCCCCCC[C@@H]1[C@H](O)[C@@H](O)[C@H](O)CN1Cc1ccccc1. The minimum Gasteiger partial charge on any atom is -0.389 e. The lowest BCUT2D eigenvalue weighted by Gasteiger charge is -2.44. The molecule has 1 aliphatic rings. The molecule has 4 heteroatoms. The second-order valence-electron chi connectivity index (χ2n) is 7.44. The molecule has 0 amide bonds. The lowest BCUT2D eigenvalue weighted by molar-refractivity contribution is -0.140. The Labute approximate surface area is 152 Å².